The van der Waals surface area contributed by atoms with Crippen LogP contribution in [0.25, 0.3) is 11.0 Å². The molecule has 0 amide bonds. The first-order valence-corrected chi connectivity index (χ1v) is 10.4. The van der Waals surface area contributed by atoms with Gasteiger partial charge < -0.3 is 19.4 Å². The van der Waals surface area contributed by atoms with E-state index in [1.165, 1.54) is 17.5 Å². The van der Waals surface area contributed by atoms with E-state index in [0.717, 1.165) is 36.1 Å². The number of nitrogens with one attached hydrogen (secondary N) is 1. The molecule has 9 nitrogen and oxygen atoms in total. The predicted octanol–water partition coefficient (Wildman–Crippen LogP) is 3.14. The third kappa shape index (κ3) is 4.79. The van der Waals surface area contributed by atoms with Crippen LogP contribution in [0.1, 0.15) is 32.6 Å². The molecule has 0 spiro atoms. The first-order chi connectivity index (χ1) is 14.6. The molecule has 0 atom stereocenters. The number of aromatic nitrogens is 5. The Balaban J connectivity index is 1.43. The Morgan fingerprint density at radius 1 is 1.27 bits per heavy atom. The molecule has 0 bridgehead atoms. The summed E-state index contributed by atoms with van der Waals surface area (Å²) in [5.74, 6) is 0.822. The number of rotatable bonds is 8. The fourth-order valence-electron chi connectivity index (χ4n) is 3.99. The summed E-state index contributed by atoms with van der Waals surface area (Å²) in [6, 6.07) is 2.05. The number of hydrogen-bond donors (Lipinski definition) is 1. The number of esters is 1. The van der Waals surface area contributed by atoms with Crippen molar-refractivity contribution < 1.29 is 14.3 Å². The van der Waals surface area contributed by atoms with Gasteiger partial charge in [0, 0.05) is 37.6 Å². The maximum atomic E-state index is 11.6. The molecule has 160 valence electrons. The van der Waals surface area contributed by atoms with Gasteiger partial charge in [-0.05, 0) is 44.6 Å². The third-order valence-corrected chi connectivity index (χ3v) is 5.57. The Morgan fingerprint density at radius 2 is 2.10 bits per heavy atom. The van der Waals surface area contributed by atoms with Crippen LogP contribution in [0.2, 0.25) is 0 Å². The van der Waals surface area contributed by atoms with Crippen molar-refractivity contribution in [1.82, 2.24) is 24.3 Å². The molecule has 0 radical (unpaired) electrons. The number of carbonyl (C=O) groups excluding carboxylic acids is 1. The van der Waals surface area contributed by atoms with Gasteiger partial charge in [-0.25, -0.2) is 4.98 Å². The number of ether oxygens (including phenoxy) is 2. The van der Waals surface area contributed by atoms with Gasteiger partial charge in [-0.3, -0.25) is 9.48 Å². The monoisotopic (exact) mass is 412 g/mol. The minimum absolute atomic E-state index is 0.0730. The molecule has 9 heteroatoms. The lowest BCUT2D eigenvalue weighted by molar-refractivity contribution is -0.144. The van der Waals surface area contributed by atoms with Gasteiger partial charge in [0.1, 0.15) is 12.2 Å². The summed E-state index contributed by atoms with van der Waals surface area (Å²) in [4.78, 5) is 20.7. The van der Waals surface area contributed by atoms with Crippen molar-refractivity contribution in [3.05, 3.63) is 30.9 Å². The molecule has 0 aromatic carbocycles. The molecule has 0 unspecified atom stereocenters. The van der Waals surface area contributed by atoms with Crippen LogP contribution in [0.4, 0.5) is 11.6 Å². The van der Waals surface area contributed by atoms with Crippen molar-refractivity contribution in [3.63, 3.8) is 0 Å². The van der Waals surface area contributed by atoms with Crippen LogP contribution in [-0.4, -0.2) is 50.1 Å². The summed E-state index contributed by atoms with van der Waals surface area (Å²) < 4.78 is 14.2. The lowest BCUT2D eigenvalue weighted by Gasteiger charge is -2.27. The zero-order chi connectivity index (χ0) is 20.9. The van der Waals surface area contributed by atoms with Crippen molar-refractivity contribution >= 4 is 28.6 Å². The second-order valence-corrected chi connectivity index (χ2v) is 7.68. The molecule has 1 aliphatic rings. The van der Waals surface area contributed by atoms with E-state index >= 15 is 0 Å². The lowest BCUT2D eigenvalue weighted by Crippen LogP contribution is -2.23. The van der Waals surface area contributed by atoms with Gasteiger partial charge in [-0.15, -0.1) is 0 Å². The molecule has 0 aliphatic heterocycles. The number of fused-ring (bicyclic) bond motifs is 1. The van der Waals surface area contributed by atoms with E-state index in [1.807, 2.05) is 6.20 Å². The second kappa shape index (κ2) is 9.25. The normalized spacial score (nSPS) is 19.1. The highest BCUT2D eigenvalue weighted by Crippen LogP contribution is 2.28. The van der Waals surface area contributed by atoms with Crippen molar-refractivity contribution in [2.75, 3.05) is 19.0 Å². The van der Waals surface area contributed by atoms with Gasteiger partial charge in [0.2, 0.25) is 5.95 Å². The molecule has 1 aliphatic carbocycles. The van der Waals surface area contributed by atoms with E-state index < -0.39 is 0 Å². The largest absolute Gasteiger partial charge is 0.465 e. The number of carbonyl (C=O) groups is 1. The highest BCUT2D eigenvalue weighted by molar-refractivity contribution is 5.76. The zero-order valence-electron chi connectivity index (χ0n) is 17.5. The van der Waals surface area contributed by atoms with Crippen molar-refractivity contribution in [1.29, 1.82) is 0 Å². The first-order valence-electron chi connectivity index (χ1n) is 10.4. The Kier molecular flexibility index (Phi) is 6.27. The Morgan fingerprint density at radius 3 is 2.87 bits per heavy atom. The minimum Gasteiger partial charge on any atom is -0.465 e. The van der Waals surface area contributed by atoms with Crippen molar-refractivity contribution in [2.45, 2.75) is 51.8 Å². The first kappa shape index (κ1) is 20.3. The maximum absolute atomic E-state index is 11.6. The van der Waals surface area contributed by atoms with Crippen LogP contribution >= 0.6 is 0 Å². The molecule has 1 saturated carbocycles. The molecule has 1 N–H and O–H groups in total. The quantitative estimate of drug-likeness (QED) is 0.568. The van der Waals surface area contributed by atoms with E-state index in [9.17, 15) is 4.79 Å². The van der Waals surface area contributed by atoms with Gasteiger partial charge in [0.25, 0.3) is 0 Å². The Hall–Kier alpha value is -2.94. The SMILES string of the molecule is CCOC(=O)Cn1cc(Nc2ncc3ccn(CC4CCC(OC)CC4)c3n2)cn1. The topological polar surface area (TPSA) is 96.1 Å². The van der Waals surface area contributed by atoms with Crippen LogP contribution in [-0.2, 0) is 27.4 Å². The maximum Gasteiger partial charge on any atom is 0.327 e. The van der Waals surface area contributed by atoms with E-state index in [4.69, 9.17) is 14.5 Å². The molecule has 30 heavy (non-hydrogen) atoms. The smallest absolute Gasteiger partial charge is 0.327 e. The fraction of sp³-hybridized carbons (Fsp3) is 0.524. The van der Waals surface area contributed by atoms with Crippen LogP contribution in [0.15, 0.2) is 30.9 Å². The van der Waals surface area contributed by atoms with Crippen molar-refractivity contribution in [3.8, 4) is 0 Å². The van der Waals surface area contributed by atoms with Gasteiger partial charge in [-0.1, -0.05) is 0 Å². The summed E-state index contributed by atoms with van der Waals surface area (Å²) in [5.41, 5.74) is 1.63. The second-order valence-electron chi connectivity index (χ2n) is 7.68. The number of anilines is 2. The number of hydrogen-bond acceptors (Lipinski definition) is 7. The number of nitrogens with zero attached hydrogens (tertiary/aromatic N) is 5. The molecule has 3 aromatic rings. The summed E-state index contributed by atoms with van der Waals surface area (Å²) in [6.07, 6.45) is 12.3. The Labute approximate surface area is 175 Å². The molecule has 1 fully saturated rings. The molecule has 3 aromatic heterocycles. The van der Waals surface area contributed by atoms with Crippen LogP contribution < -0.4 is 5.32 Å². The van der Waals surface area contributed by atoms with Crippen LogP contribution in [0.5, 0.6) is 0 Å². The standard InChI is InChI=1S/C21H28N6O3/c1-3-30-19(28)14-27-13-17(11-23-27)24-21-22-10-16-8-9-26(20(16)25-21)12-15-4-6-18(29-2)7-5-15/h8-11,13,15,18H,3-7,12,14H2,1-2H3,(H,22,24,25). The van der Waals surface area contributed by atoms with Crippen molar-refractivity contribution in [2.24, 2.45) is 5.92 Å². The summed E-state index contributed by atoms with van der Waals surface area (Å²) in [5, 5.41) is 8.36. The molecular formula is C21H28N6O3. The van der Waals surface area contributed by atoms with E-state index in [-0.39, 0.29) is 12.5 Å². The third-order valence-electron chi connectivity index (χ3n) is 5.57. The average molecular weight is 412 g/mol. The summed E-state index contributed by atoms with van der Waals surface area (Å²) >= 11 is 0. The summed E-state index contributed by atoms with van der Waals surface area (Å²) in [6.45, 7) is 3.16. The summed E-state index contributed by atoms with van der Waals surface area (Å²) in [7, 11) is 1.80. The fourth-order valence-corrected chi connectivity index (χ4v) is 3.99. The molecule has 0 saturated heterocycles. The molecular weight excluding hydrogens is 384 g/mol. The highest BCUT2D eigenvalue weighted by Gasteiger charge is 2.21. The zero-order valence-corrected chi connectivity index (χ0v) is 17.5. The van der Waals surface area contributed by atoms with Gasteiger partial charge >= 0.3 is 5.97 Å². The van der Waals surface area contributed by atoms with Crippen LogP contribution in [0.3, 0.4) is 0 Å². The van der Waals surface area contributed by atoms with Gasteiger partial charge in [0.15, 0.2) is 0 Å². The van der Waals surface area contributed by atoms with E-state index in [0.29, 0.717) is 24.6 Å². The highest BCUT2D eigenvalue weighted by atomic mass is 16.5. The number of methoxy groups -OCH3 is 1. The van der Waals surface area contributed by atoms with E-state index in [2.05, 4.69) is 32.2 Å². The molecule has 4 rings (SSSR count). The van der Waals surface area contributed by atoms with Gasteiger partial charge in [-0.2, -0.15) is 10.1 Å². The van der Waals surface area contributed by atoms with E-state index in [1.54, 1.807) is 26.4 Å². The lowest BCUT2D eigenvalue weighted by atomic mass is 9.87. The van der Waals surface area contributed by atoms with Crippen LogP contribution in [0, 0.1) is 5.92 Å². The predicted molar refractivity (Wildman–Crippen MR) is 112 cm³/mol. The van der Waals surface area contributed by atoms with Gasteiger partial charge in [0.05, 0.1) is 24.6 Å². The minimum atomic E-state index is -0.317. The molecule has 3 heterocycles. The Bertz CT molecular complexity index is 990. The average Bonchev–Trinajstić information content (AvgIpc) is 3.35.